The Morgan fingerprint density at radius 3 is 2.16 bits per heavy atom. The Bertz CT molecular complexity index is 1590. The van der Waals surface area contributed by atoms with Crippen LogP contribution in [0.3, 0.4) is 0 Å². The Balaban J connectivity index is 1.67. The lowest BCUT2D eigenvalue weighted by Gasteiger charge is -2.11. The fraction of sp³-hybridized carbons (Fsp3) is 0.0690. The quantitative estimate of drug-likeness (QED) is 0.258. The number of aromatic nitrogens is 1. The van der Waals surface area contributed by atoms with Crippen LogP contribution in [-0.4, -0.2) is 4.98 Å². The summed E-state index contributed by atoms with van der Waals surface area (Å²) in [6, 6.07) is 30.6. The van der Waals surface area contributed by atoms with E-state index in [4.69, 9.17) is 4.98 Å². The Morgan fingerprint density at radius 2 is 1.35 bits per heavy atom. The fourth-order valence-electron chi connectivity index (χ4n) is 4.73. The average molecular weight is 416 g/mol. The molecule has 0 spiro atoms. The van der Waals surface area contributed by atoms with E-state index in [1.165, 1.54) is 58.8 Å². The highest BCUT2D eigenvalue weighted by Gasteiger charge is 2.16. The third kappa shape index (κ3) is 2.87. The summed E-state index contributed by atoms with van der Waals surface area (Å²) in [5.41, 5.74) is 6.25. The summed E-state index contributed by atoms with van der Waals surface area (Å²) in [7, 11) is 0. The molecule has 0 atom stereocenters. The zero-order valence-electron chi connectivity index (χ0n) is 17.5. The zero-order valence-corrected chi connectivity index (χ0v) is 18.3. The largest absolute Gasteiger partial charge is 0.255 e. The van der Waals surface area contributed by atoms with E-state index in [-0.39, 0.29) is 0 Å². The van der Waals surface area contributed by atoms with E-state index >= 15 is 0 Å². The first-order valence-corrected chi connectivity index (χ1v) is 11.4. The molecule has 148 valence electrons. The molecule has 0 aliphatic carbocycles. The molecule has 2 aromatic heterocycles. The molecule has 0 bridgehead atoms. The normalized spacial score (nSPS) is 11.5. The molecule has 6 rings (SSSR count). The highest BCUT2D eigenvalue weighted by Crippen LogP contribution is 2.42. The minimum Gasteiger partial charge on any atom is -0.255 e. The molecular weight excluding hydrogens is 394 g/mol. The van der Waals surface area contributed by atoms with E-state index in [1.54, 1.807) is 0 Å². The molecule has 0 saturated heterocycles. The molecule has 0 aliphatic heterocycles. The molecule has 2 heteroatoms. The molecular formula is C29H21NS. The lowest BCUT2D eigenvalue weighted by Crippen LogP contribution is -1.87. The summed E-state index contributed by atoms with van der Waals surface area (Å²) < 4.78 is 1.25. The molecule has 0 saturated carbocycles. The topological polar surface area (TPSA) is 12.9 Å². The van der Waals surface area contributed by atoms with Crippen molar-refractivity contribution in [2.45, 2.75) is 13.8 Å². The minimum absolute atomic E-state index is 1.07. The van der Waals surface area contributed by atoms with Crippen LogP contribution in [0.1, 0.15) is 11.1 Å². The molecule has 2 heterocycles. The molecule has 0 unspecified atom stereocenters. The number of benzene rings is 4. The number of fused-ring (bicyclic) bond motifs is 4. The Labute approximate surface area is 185 Å². The van der Waals surface area contributed by atoms with E-state index in [1.807, 2.05) is 17.5 Å². The Hall–Kier alpha value is -3.49. The predicted molar refractivity (Wildman–Crippen MR) is 135 cm³/mol. The Kier molecular flexibility index (Phi) is 4.15. The van der Waals surface area contributed by atoms with Gasteiger partial charge in [0.05, 0.1) is 10.4 Å². The average Bonchev–Trinajstić information content (AvgIpc) is 3.22. The van der Waals surface area contributed by atoms with Crippen molar-refractivity contribution in [1.29, 1.82) is 0 Å². The van der Waals surface area contributed by atoms with Crippen molar-refractivity contribution in [3.8, 4) is 21.7 Å². The maximum Gasteiger partial charge on any atom is 0.0886 e. The highest BCUT2D eigenvalue weighted by molar-refractivity contribution is 7.22. The molecule has 0 fully saturated rings. The smallest absolute Gasteiger partial charge is 0.0886 e. The van der Waals surface area contributed by atoms with Crippen LogP contribution < -0.4 is 0 Å². The highest BCUT2D eigenvalue weighted by atomic mass is 32.1. The summed E-state index contributed by atoms with van der Waals surface area (Å²) in [4.78, 5) is 6.21. The number of rotatable bonds is 2. The van der Waals surface area contributed by atoms with Gasteiger partial charge in [-0.15, -0.1) is 11.3 Å². The predicted octanol–water partition coefficient (Wildman–Crippen LogP) is 8.55. The number of nitrogens with zero attached hydrogens (tertiary/aromatic N) is 1. The van der Waals surface area contributed by atoms with Gasteiger partial charge in [0.2, 0.25) is 0 Å². The third-order valence-corrected chi connectivity index (χ3v) is 7.36. The van der Waals surface area contributed by atoms with Gasteiger partial charge in [-0.05, 0) is 75.7 Å². The molecule has 31 heavy (non-hydrogen) atoms. The number of pyridine rings is 1. The van der Waals surface area contributed by atoms with Gasteiger partial charge >= 0.3 is 0 Å². The molecule has 0 amide bonds. The van der Waals surface area contributed by atoms with Crippen LogP contribution in [0.5, 0.6) is 0 Å². The monoisotopic (exact) mass is 415 g/mol. The first kappa shape index (κ1) is 18.3. The van der Waals surface area contributed by atoms with Crippen molar-refractivity contribution in [2.75, 3.05) is 0 Å². The van der Waals surface area contributed by atoms with Gasteiger partial charge in [-0.1, -0.05) is 66.7 Å². The standard InChI is InChI=1S/C29H21NS/c1-18-8-7-9-19(2)27(18)26-17-21-14-15-30-28(29(21)31-26)25-16-20-10-3-4-11-22(20)23-12-5-6-13-24(23)25/h3-17H,1-2H3. The van der Waals surface area contributed by atoms with Gasteiger partial charge < -0.3 is 0 Å². The van der Waals surface area contributed by atoms with Crippen molar-refractivity contribution >= 4 is 43.0 Å². The van der Waals surface area contributed by atoms with E-state index in [0.717, 1.165) is 5.69 Å². The van der Waals surface area contributed by atoms with Crippen molar-refractivity contribution < 1.29 is 0 Å². The van der Waals surface area contributed by atoms with Gasteiger partial charge in [0.1, 0.15) is 0 Å². The molecule has 4 aromatic carbocycles. The van der Waals surface area contributed by atoms with Crippen molar-refractivity contribution in [2.24, 2.45) is 0 Å². The molecule has 0 radical (unpaired) electrons. The number of hydrogen-bond acceptors (Lipinski definition) is 2. The maximum atomic E-state index is 4.90. The van der Waals surface area contributed by atoms with Gasteiger partial charge in [0.25, 0.3) is 0 Å². The second-order valence-corrected chi connectivity index (χ2v) is 9.20. The second kappa shape index (κ2) is 7.04. The van der Waals surface area contributed by atoms with Crippen molar-refractivity contribution in [1.82, 2.24) is 4.98 Å². The number of aryl methyl sites for hydroxylation is 2. The van der Waals surface area contributed by atoms with Crippen LogP contribution in [0, 0.1) is 13.8 Å². The summed E-state index contributed by atoms with van der Waals surface area (Å²) in [6.45, 7) is 4.39. The summed E-state index contributed by atoms with van der Waals surface area (Å²) >= 11 is 1.85. The lowest BCUT2D eigenvalue weighted by molar-refractivity contribution is 1.37. The van der Waals surface area contributed by atoms with Gasteiger partial charge in [0, 0.05) is 16.6 Å². The second-order valence-electron chi connectivity index (χ2n) is 8.15. The fourth-order valence-corrected chi connectivity index (χ4v) is 6.07. The van der Waals surface area contributed by atoms with Gasteiger partial charge in [0.15, 0.2) is 0 Å². The lowest BCUT2D eigenvalue weighted by atomic mass is 9.95. The van der Waals surface area contributed by atoms with Crippen molar-refractivity contribution in [3.63, 3.8) is 0 Å². The molecule has 0 aliphatic rings. The number of thiophene rings is 1. The molecule has 6 aromatic rings. The van der Waals surface area contributed by atoms with E-state index in [9.17, 15) is 0 Å². The minimum atomic E-state index is 1.07. The third-order valence-electron chi connectivity index (χ3n) is 6.18. The van der Waals surface area contributed by atoms with Crippen LogP contribution >= 0.6 is 11.3 Å². The van der Waals surface area contributed by atoms with Gasteiger partial charge in [-0.3, -0.25) is 4.98 Å². The van der Waals surface area contributed by atoms with Crippen LogP contribution in [0.2, 0.25) is 0 Å². The van der Waals surface area contributed by atoms with Crippen LogP contribution in [0.15, 0.2) is 91.1 Å². The summed E-state index contributed by atoms with van der Waals surface area (Å²) in [5.74, 6) is 0. The van der Waals surface area contributed by atoms with Crippen LogP contribution in [-0.2, 0) is 0 Å². The summed E-state index contributed by atoms with van der Waals surface area (Å²) in [5, 5.41) is 6.33. The number of hydrogen-bond donors (Lipinski definition) is 0. The van der Waals surface area contributed by atoms with E-state index in [2.05, 4.69) is 98.8 Å². The first-order chi connectivity index (χ1) is 15.2. The SMILES string of the molecule is Cc1cccc(C)c1-c1cc2ccnc(-c3cc4ccccc4c4ccccc34)c2s1. The first-order valence-electron chi connectivity index (χ1n) is 10.6. The summed E-state index contributed by atoms with van der Waals surface area (Å²) in [6.07, 6.45) is 1.95. The Morgan fingerprint density at radius 1 is 0.645 bits per heavy atom. The van der Waals surface area contributed by atoms with Crippen LogP contribution in [0.4, 0.5) is 0 Å². The molecule has 1 nitrogen and oxygen atoms in total. The molecule has 0 N–H and O–H groups in total. The maximum absolute atomic E-state index is 4.90. The van der Waals surface area contributed by atoms with E-state index in [0.29, 0.717) is 0 Å². The van der Waals surface area contributed by atoms with Gasteiger partial charge in [-0.25, -0.2) is 0 Å². The van der Waals surface area contributed by atoms with Gasteiger partial charge in [-0.2, -0.15) is 0 Å². The van der Waals surface area contributed by atoms with Crippen molar-refractivity contribution in [3.05, 3.63) is 102 Å². The zero-order chi connectivity index (χ0) is 20.9. The van der Waals surface area contributed by atoms with E-state index < -0.39 is 0 Å². The van der Waals surface area contributed by atoms with Crippen LogP contribution in [0.25, 0.3) is 53.3 Å².